The van der Waals surface area contributed by atoms with Crippen molar-refractivity contribution in [3.8, 4) is 11.5 Å². The monoisotopic (exact) mass is 459 g/mol. The molecule has 33 heavy (non-hydrogen) atoms. The molecule has 5 rings (SSSR count). The van der Waals surface area contributed by atoms with Crippen LogP contribution in [0, 0.1) is 0 Å². The maximum atomic E-state index is 6.30. The molecule has 4 aromatic rings. The third-order valence-corrected chi connectivity index (χ3v) is 4.88. The van der Waals surface area contributed by atoms with Crippen LogP contribution < -0.4 is 25.5 Å². The topological polar surface area (TPSA) is 106 Å². The van der Waals surface area contributed by atoms with Crippen LogP contribution >= 0.6 is 11.6 Å². The lowest BCUT2D eigenvalue weighted by atomic mass is 10.2. The lowest BCUT2D eigenvalue weighted by molar-refractivity contribution is 0.174. The third-order valence-electron chi connectivity index (χ3n) is 4.56. The van der Waals surface area contributed by atoms with Gasteiger partial charge < -0.3 is 20.1 Å². The van der Waals surface area contributed by atoms with Crippen LogP contribution in [0.3, 0.4) is 0 Å². The molecule has 164 valence electrons. The fraction of sp³-hybridized carbons (Fsp3) is 0.0435. The van der Waals surface area contributed by atoms with Gasteiger partial charge in [-0.3, -0.25) is 0 Å². The Morgan fingerprint density at radius 3 is 1.91 bits per heavy atom. The van der Waals surface area contributed by atoms with Crippen molar-refractivity contribution in [1.29, 1.82) is 0 Å². The molecular formula is C23H18ClN7O2. The average molecular weight is 460 g/mol. The number of para-hydroxylation sites is 2. The largest absolute Gasteiger partial charge is 0.454 e. The van der Waals surface area contributed by atoms with E-state index < -0.39 is 0 Å². The molecular weight excluding hydrogens is 442 g/mol. The maximum absolute atomic E-state index is 6.30. The van der Waals surface area contributed by atoms with Gasteiger partial charge in [-0.2, -0.15) is 20.1 Å². The van der Waals surface area contributed by atoms with Gasteiger partial charge in [0.25, 0.3) is 0 Å². The van der Waals surface area contributed by atoms with E-state index >= 15 is 0 Å². The summed E-state index contributed by atoms with van der Waals surface area (Å²) in [4.78, 5) is 13.3. The van der Waals surface area contributed by atoms with Gasteiger partial charge in [0, 0.05) is 23.0 Å². The molecule has 0 radical (unpaired) electrons. The van der Waals surface area contributed by atoms with Gasteiger partial charge in [0.15, 0.2) is 11.5 Å². The zero-order chi connectivity index (χ0) is 22.5. The number of halogens is 1. The highest BCUT2D eigenvalue weighted by Crippen LogP contribution is 2.36. The molecule has 0 saturated heterocycles. The molecule has 9 nitrogen and oxygen atoms in total. The normalized spacial score (nSPS) is 12.0. The van der Waals surface area contributed by atoms with Gasteiger partial charge in [-0.25, -0.2) is 5.43 Å². The number of hydrazone groups is 1. The first-order valence-corrected chi connectivity index (χ1v) is 10.4. The van der Waals surface area contributed by atoms with E-state index in [1.165, 1.54) is 0 Å². The molecule has 1 aliphatic rings. The lowest BCUT2D eigenvalue weighted by Crippen LogP contribution is -2.07. The first-order chi connectivity index (χ1) is 16.2. The van der Waals surface area contributed by atoms with Crippen LogP contribution in [0.4, 0.5) is 29.2 Å². The number of fused-ring (bicyclic) bond motifs is 1. The number of hydrogen-bond donors (Lipinski definition) is 3. The summed E-state index contributed by atoms with van der Waals surface area (Å²) in [6.07, 6.45) is 1.56. The summed E-state index contributed by atoms with van der Waals surface area (Å²) in [6.45, 7) is 0.170. The SMILES string of the molecule is Clc1cc2c(cc1/C=N\Nc1nc(Nc3ccccc3)nc(Nc3ccccc3)n1)OCO2. The predicted molar refractivity (Wildman–Crippen MR) is 128 cm³/mol. The van der Waals surface area contributed by atoms with Gasteiger partial charge in [-0.1, -0.05) is 48.0 Å². The molecule has 0 bridgehead atoms. The summed E-state index contributed by atoms with van der Waals surface area (Å²) in [5, 5.41) is 11.1. The van der Waals surface area contributed by atoms with E-state index in [9.17, 15) is 0 Å². The second-order valence-corrected chi connectivity index (χ2v) is 7.29. The summed E-state index contributed by atoms with van der Waals surface area (Å²) >= 11 is 6.30. The van der Waals surface area contributed by atoms with Crippen molar-refractivity contribution in [2.45, 2.75) is 0 Å². The molecule has 0 fully saturated rings. The molecule has 2 heterocycles. The van der Waals surface area contributed by atoms with E-state index in [0.717, 1.165) is 11.4 Å². The van der Waals surface area contributed by atoms with Crippen molar-refractivity contribution >= 4 is 47.0 Å². The van der Waals surface area contributed by atoms with E-state index in [2.05, 4.69) is 36.1 Å². The van der Waals surface area contributed by atoms with Crippen molar-refractivity contribution in [3.05, 3.63) is 83.4 Å². The van der Waals surface area contributed by atoms with Gasteiger partial charge in [-0.05, 0) is 30.3 Å². The minimum absolute atomic E-state index is 0.170. The highest BCUT2D eigenvalue weighted by atomic mass is 35.5. The van der Waals surface area contributed by atoms with Gasteiger partial charge >= 0.3 is 0 Å². The van der Waals surface area contributed by atoms with Crippen LogP contribution in [0.25, 0.3) is 0 Å². The van der Waals surface area contributed by atoms with Crippen molar-refractivity contribution in [2.75, 3.05) is 22.9 Å². The van der Waals surface area contributed by atoms with E-state index in [-0.39, 0.29) is 12.7 Å². The Bertz CT molecular complexity index is 1230. The molecule has 0 amide bonds. The van der Waals surface area contributed by atoms with Gasteiger partial charge in [-0.15, -0.1) is 0 Å². The Labute approximate surface area is 194 Å². The second kappa shape index (κ2) is 9.41. The number of rotatable bonds is 7. The van der Waals surface area contributed by atoms with E-state index in [1.54, 1.807) is 18.3 Å². The molecule has 0 atom stereocenters. The molecule has 0 spiro atoms. The molecule has 3 N–H and O–H groups in total. The summed E-state index contributed by atoms with van der Waals surface area (Å²) in [5.41, 5.74) is 5.18. The first kappa shape index (κ1) is 20.5. The summed E-state index contributed by atoms with van der Waals surface area (Å²) in [5.74, 6) is 2.18. The Morgan fingerprint density at radius 1 is 0.758 bits per heavy atom. The Hall–Kier alpha value is -4.37. The van der Waals surface area contributed by atoms with Crippen LogP contribution in [-0.4, -0.2) is 28.0 Å². The Balaban J connectivity index is 1.39. The smallest absolute Gasteiger partial charge is 0.250 e. The zero-order valence-corrected chi connectivity index (χ0v) is 18.0. The number of anilines is 5. The minimum Gasteiger partial charge on any atom is -0.454 e. The number of benzene rings is 3. The average Bonchev–Trinajstić information content (AvgIpc) is 3.27. The summed E-state index contributed by atoms with van der Waals surface area (Å²) in [7, 11) is 0. The van der Waals surface area contributed by atoms with Gasteiger partial charge in [0.2, 0.25) is 24.6 Å². The molecule has 1 aliphatic heterocycles. The molecule has 3 aromatic carbocycles. The number of aromatic nitrogens is 3. The van der Waals surface area contributed by atoms with Gasteiger partial charge in [0.05, 0.1) is 11.2 Å². The highest BCUT2D eigenvalue weighted by Gasteiger charge is 2.15. The first-order valence-electron chi connectivity index (χ1n) is 10.0. The Kier molecular flexibility index (Phi) is 5.85. The Morgan fingerprint density at radius 2 is 1.30 bits per heavy atom. The molecule has 10 heteroatoms. The lowest BCUT2D eigenvalue weighted by Gasteiger charge is -2.10. The van der Waals surface area contributed by atoms with Crippen LogP contribution in [0.15, 0.2) is 77.9 Å². The van der Waals surface area contributed by atoms with Crippen molar-refractivity contribution in [1.82, 2.24) is 15.0 Å². The third kappa shape index (κ3) is 5.10. The van der Waals surface area contributed by atoms with Gasteiger partial charge in [0.1, 0.15) is 0 Å². The molecule has 0 unspecified atom stereocenters. The van der Waals surface area contributed by atoms with Crippen molar-refractivity contribution in [2.24, 2.45) is 5.10 Å². The van der Waals surface area contributed by atoms with E-state index in [1.807, 2.05) is 60.7 Å². The molecule has 0 saturated carbocycles. The van der Waals surface area contributed by atoms with Crippen molar-refractivity contribution in [3.63, 3.8) is 0 Å². The number of hydrogen-bond acceptors (Lipinski definition) is 9. The maximum Gasteiger partial charge on any atom is 0.250 e. The summed E-state index contributed by atoms with van der Waals surface area (Å²) < 4.78 is 10.7. The number of nitrogens with one attached hydrogen (secondary N) is 3. The minimum atomic E-state index is 0.170. The van der Waals surface area contributed by atoms with E-state index in [0.29, 0.717) is 34.0 Å². The van der Waals surface area contributed by atoms with Crippen LogP contribution in [-0.2, 0) is 0 Å². The molecule has 0 aliphatic carbocycles. The molecule has 1 aromatic heterocycles. The fourth-order valence-corrected chi connectivity index (χ4v) is 3.23. The zero-order valence-electron chi connectivity index (χ0n) is 17.2. The highest BCUT2D eigenvalue weighted by molar-refractivity contribution is 6.33. The summed E-state index contributed by atoms with van der Waals surface area (Å²) in [6, 6.07) is 22.7. The van der Waals surface area contributed by atoms with Crippen molar-refractivity contribution < 1.29 is 9.47 Å². The fourth-order valence-electron chi connectivity index (χ4n) is 3.03. The van der Waals surface area contributed by atoms with Crippen LogP contribution in [0.2, 0.25) is 5.02 Å². The van der Waals surface area contributed by atoms with E-state index in [4.69, 9.17) is 21.1 Å². The quantitative estimate of drug-likeness (QED) is 0.256. The number of nitrogens with zero attached hydrogens (tertiary/aromatic N) is 4. The number of ether oxygens (including phenoxy) is 2. The standard InChI is InChI=1S/C23H18ClN7O2/c24-18-12-20-19(32-14-33-20)11-15(18)13-25-31-23-29-21(26-16-7-3-1-4-8-16)28-22(30-23)27-17-9-5-2-6-10-17/h1-13H,14H2,(H3,26,27,28,29,30,31)/b25-13-. The predicted octanol–water partition coefficient (Wildman–Crippen LogP) is 5.19. The van der Waals surface area contributed by atoms with Crippen LogP contribution in [0.1, 0.15) is 5.56 Å². The second-order valence-electron chi connectivity index (χ2n) is 6.89. The van der Waals surface area contributed by atoms with Crippen LogP contribution in [0.5, 0.6) is 11.5 Å².